The standard InChI is InChI=1S/C19H27N3O2S/c1-14-3-6-17(25-14)19(24)21-9-2-8-20(11-12-21)16-7-10-22(18(16)23)13-15-4-5-15/h3,6,15-16H,2,4-5,7-13H2,1H3. The Hall–Kier alpha value is -1.40. The number of hydrogen-bond donors (Lipinski definition) is 0. The Kier molecular flexibility index (Phi) is 4.82. The fraction of sp³-hybridized carbons (Fsp3) is 0.684. The van der Waals surface area contributed by atoms with Crippen molar-refractivity contribution in [2.75, 3.05) is 39.3 Å². The van der Waals surface area contributed by atoms with Crippen molar-refractivity contribution in [2.24, 2.45) is 5.92 Å². The van der Waals surface area contributed by atoms with E-state index in [4.69, 9.17) is 0 Å². The lowest BCUT2D eigenvalue weighted by atomic mass is 10.2. The molecule has 6 heteroatoms. The first kappa shape index (κ1) is 17.0. The molecular formula is C19H27N3O2S. The van der Waals surface area contributed by atoms with Gasteiger partial charge >= 0.3 is 0 Å². The second kappa shape index (κ2) is 7.08. The number of carbonyl (C=O) groups excluding carboxylic acids is 2. The van der Waals surface area contributed by atoms with Gasteiger partial charge in [-0.1, -0.05) is 0 Å². The van der Waals surface area contributed by atoms with Crippen LogP contribution in [0.4, 0.5) is 0 Å². The van der Waals surface area contributed by atoms with E-state index in [0.717, 1.165) is 62.9 Å². The fourth-order valence-corrected chi connectivity index (χ4v) is 4.85. The van der Waals surface area contributed by atoms with Gasteiger partial charge in [0.05, 0.1) is 10.9 Å². The van der Waals surface area contributed by atoms with Gasteiger partial charge in [-0.2, -0.15) is 0 Å². The van der Waals surface area contributed by atoms with Gasteiger partial charge in [0.25, 0.3) is 5.91 Å². The quantitative estimate of drug-likeness (QED) is 0.826. The van der Waals surface area contributed by atoms with Gasteiger partial charge in [0.1, 0.15) is 0 Å². The van der Waals surface area contributed by atoms with E-state index < -0.39 is 0 Å². The summed E-state index contributed by atoms with van der Waals surface area (Å²) in [6, 6.07) is 3.98. The van der Waals surface area contributed by atoms with Crippen LogP contribution in [-0.4, -0.2) is 71.8 Å². The molecule has 3 heterocycles. The largest absolute Gasteiger partial charge is 0.341 e. The van der Waals surface area contributed by atoms with Crippen molar-refractivity contribution in [3.63, 3.8) is 0 Å². The summed E-state index contributed by atoms with van der Waals surface area (Å²) >= 11 is 1.57. The van der Waals surface area contributed by atoms with Crippen molar-refractivity contribution in [1.29, 1.82) is 0 Å². The second-order valence-corrected chi connectivity index (χ2v) is 8.91. The summed E-state index contributed by atoms with van der Waals surface area (Å²) in [4.78, 5) is 33.8. The maximum absolute atomic E-state index is 12.7. The molecule has 1 aromatic heterocycles. The first-order valence-electron chi connectivity index (χ1n) is 9.50. The summed E-state index contributed by atoms with van der Waals surface area (Å²) in [7, 11) is 0. The minimum absolute atomic E-state index is 0.0396. The monoisotopic (exact) mass is 361 g/mol. The Morgan fingerprint density at radius 2 is 1.96 bits per heavy atom. The van der Waals surface area contributed by atoms with Crippen LogP contribution in [0.3, 0.4) is 0 Å². The molecule has 1 aromatic rings. The molecule has 25 heavy (non-hydrogen) atoms. The van der Waals surface area contributed by atoms with Crippen molar-refractivity contribution in [2.45, 2.75) is 38.6 Å². The van der Waals surface area contributed by atoms with E-state index >= 15 is 0 Å². The average Bonchev–Trinajstić information content (AvgIpc) is 3.28. The van der Waals surface area contributed by atoms with Gasteiger partial charge < -0.3 is 9.80 Å². The van der Waals surface area contributed by atoms with Crippen molar-refractivity contribution in [1.82, 2.24) is 14.7 Å². The number of aryl methyl sites for hydroxylation is 1. The molecule has 0 N–H and O–H groups in total. The van der Waals surface area contributed by atoms with E-state index in [1.807, 2.05) is 24.0 Å². The summed E-state index contributed by atoms with van der Waals surface area (Å²) in [6.07, 6.45) is 4.47. The molecule has 0 radical (unpaired) electrons. The molecule has 2 saturated heterocycles. The molecule has 2 aliphatic heterocycles. The van der Waals surface area contributed by atoms with E-state index in [9.17, 15) is 9.59 Å². The van der Waals surface area contributed by atoms with Gasteiger partial charge in [0.2, 0.25) is 5.91 Å². The Morgan fingerprint density at radius 1 is 1.12 bits per heavy atom. The lowest BCUT2D eigenvalue weighted by Gasteiger charge is -2.26. The molecule has 136 valence electrons. The van der Waals surface area contributed by atoms with Gasteiger partial charge in [-0.15, -0.1) is 11.3 Å². The summed E-state index contributed by atoms with van der Waals surface area (Å²) in [5.41, 5.74) is 0. The molecule has 1 saturated carbocycles. The number of carbonyl (C=O) groups is 2. The third kappa shape index (κ3) is 3.75. The van der Waals surface area contributed by atoms with E-state index in [0.29, 0.717) is 5.91 Å². The molecule has 1 atom stereocenters. The Labute approximate surface area is 153 Å². The van der Waals surface area contributed by atoms with Gasteiger partial charge in [-0.3, -0.25) is 14.5 Å². The minimum atomic E-state index is 0.0396. The lowest BCUT2D eigenvalue weighted by Crippen LogP contribution is -2.44. The minimum Gasteiger partial charge on any atom is -0.341 e. The van der Waals surface area contributed by atoms with Gasteiger partial charge in [0, 0.05) is 44.1 Å². The second-order valence-electron chi connectivity index (χ2n) is 7.62. The molecule has 3 aliphatic rings. The molecule has 1 unspecified atom stereocenters. The Morgan fingerprint density at radius 3 is 2.68 bits per heavy atom. The topological polar surface area (TPSA) is 43.9 Å². The highest BCUT2D eigenvalue weighted by atomic mass is 32.1. The number of thiophene rings is 1. The molecule has 2 amide bonds. The Balaban J connectivity index is 1.35. The van der Waals surface area contributed by atoms with Crippen LogP contribution >= 0.6 is 11.3 Å². The zero-order chi connectivity index (χ0) is 17.4. The van der Waals surface area contributed by atoms with Gasteiger partial charge in [-0.05, 0) is 50.7 Å². The zero-order valence-electron chi connectivity index (χ0n) is 14.9. The van der Waals surface area contributed by atoms with Crippen LogP contribution in [0.15, 0.2) is 12.1 Å². The zero-order valence-corrected chi connectivity index (χ0v) is 15.8. The predicted octanol–water partition coefficient (Wildman–Crippen LogP) is 2.22. The molecule has 3 fully saturated rings. The van der Waals surface area contributed by atoms with E-state index in [2.05, 4.69) is 9.80 Å². The molecular weight excluding hydrogens is 334 g/mol. The number of rotatable bonds is 4. The smallest absolute Gasteiger partial charge is 0.263 e. The number of amides is 2. The van der Waals surface area contributed by atoms with Crippen LogP contribution < -0.4 is 0 Å². The van der Waals surface area contributed by atoms with Crippen LogP contribution in [0.25, 0.3) is 0 Å². The molecule has 0 bridgehead atoms. The van der Waals surface area contributed by atoms with Crippen molar-refractivity contribution >= 4 is 23.2 Å². The van der Waals surface area contributed by atoms with Crippen molar-refractivity contribution in [3.05, 3.63) is 21.9 Å². The highest BCUT2D eigenvalue weighted by Crippen LogP contribution is 2.32. The predicted molar refractivity (Wildman–Crippen MR) is 98.9 cm³/mol. The van der Waals surface area contributed by atoms with Crippen molar-refractivity contribution < 1.29 is 9.59 Å². The van der Waals surface area contributed by atoms with E-state index in [1.165, 1.54) is 17.7 Å². The summed E-state index contributed by atoms with van der Waals surface area (Å²) < 4.78 is 0. The molecule has 4 rings (SSSR count). The number of nitrogens with zero attached hydrogens (tertiary/aromatic N) is 3. The first-order valence-corrected chi connectivity index (χ1v) is 10.3. The van der Waals surface area contributed by atoms with Crippen LogP contribution in [0.1, 0.15) is 40.2 Å². The van der Waals surface area contributed by atoms with Crippen molar-refractivity contribution in [3.8, 4) is 0 Å². The first-order chi connectivity index (χ1) is 12.1. The van der Waals surface area contributed by atoms with Crippen LogP contribution in [0.2, 0.25) is 0 Å². The van der Waals surface area contributed by atoms with Crippen LogP contribution in [0, 0.1) is 12.8 Å². The summed E-state index contributed by atoms with van der Waals surface area (Å²) in [5, 5.41) is 0. The van der Waals surface area contributed by atoms with Crippen LogP contribution in [-0.2, 0) is 4.79 Å². The third-order valence-corrected chi connectivity index (χ3v) is 6.64. The van der Waals surface area contributed by atoms with E-state index in [1.54, 1.807) is 11.3 Å². The van der Waals surface area contributed by atoms with Gasteiger partial charge in [0.15, 0.2) is 0 Å². The molecule has 5 nitrogen and oxygen atoms in total. The fourth-order valence-electron chi connectivity index (χ4n) is 4.01. The highest BCUT2D eigenvalue weighted by Gasteiger charge is 2.38. The average molecular weight is 362 g/mol. The molecule has 0 spiro atoms. The Bertz CT molecular complexity index is 655. The van der Waals surface area contributed by atoms with Crippen LogP contribution in [0.5, 0.6) is 0 Å². The maximum atomic E-state index is 12.7. The van der Waals surface area contributed by atoms with E-state index in [-0.39, 0.29) is 11.9 Å². The third-order valence-electron chi connectivity index (χ3n) is 5.65. The number of likely N-dealkylation sites (tertiary alicyclic amines) is 1. The molecule has 0 aromatic carbocycles. The summed E-state index contributed by atoms with van der Waals surface area (Å²) in [5.74, 6) is 1.22. The SMILES string of the molecule is Cc1ccc(C(=O)N2CCCN(C3CCN(CC4CC4)C3=O)CC2)s1. The lowest BCUT2D eigenvalue weighted by molar-refractivity contribution is -0.132. The van der Waals surface area contributed by atoms with Gasteiger partial charge in [-0.25, -0.2) is 0 Å². The normalized spacial score (nSPS) is 25.5. The number of hydrogen-bond acceptors (Lipinski definition) is 4. The molecule has 1 aliphatic carbocycles. The maximum Gasteiger partial charge on any atom is 0.263 e. The summed E-state index contributed by atoms with van der Waals surface area (Å²) in [6.45, 7) is 7.15. The highest BCUT2D eigenvalue weighted by molar-refractivity contribution is 7.13.